The summed E-state index contributed by atoms with van der Waals surface area (Å²) in [5, 5.41) is 0. The highest BCUT2D eigenvalue weighted by atomic mass is 16.5. The Balaban J connectivity index is 1.83. The van der Waals surface area contributed by atoms with Crippen LogP contribution in [-0.2, 0) is 4.74 Å². The van der Waals surface area contributed by atoms with Gasteiger partial charge in [0.1, 0.15) is 12.7 Å². The van der Waals surface area contributed by atoms with E-state index in [-0.39, 0.29) is 5.92 Å². The summed E-state index contributed by atoms with van der Waals surface area (Å²) in [6.07, 6.45) is 2.83. The van der Waals surface area contributed by atoms with Gasteiger partial charge in [0.25, 0.3) is 0 Å². The fourth-order valence-corrected chi connectivity index (χ4v) is 2.00. The van der Waals surface area contributed by atoms with Crippen LogP contribution >= 0.6 is 0 Å². The van der Waals surface area contributed by atoms with Crippen molar-refractivity contribution < 1.29 is 4.74 Å². The molecule has 0 spiro atoms. The maximum absolute atomic E-state index is 5.48. The molecular formula is C19H20O. The molecule has 1 heteroatoms. The zero-order chi connectivity index (χ0) is 14.2. The number of hydrogen-bond acceptors (Lipinski definition) is 1. The van der Waals surface area contributed by atoms with E-state index in [1.807, 2.05) is 24.3 Å². The maximum Gasteiger partial charge on any atom is 0.110 e. The predicted octanol–water partition coefficient (Wildman–Crippen LogP) is 4.57. The fourth-order valence-electron chi connectivity index (χ4n) is 2.00. The first-order valence-electron chi connectivity index (χ1n) is 6.99. The Kier molecular flexibility index (Phi) is 5.26. The molecule has 0 saturated carbocycles. The van der Waals surface area contributed by atoms with Crippen molar-refractivity contribution in [2.45, 2.75) is 25.7 Å². The van der Waals surface area contributed by atoms with Gasteiger partial charge in [0.05, 0.1) is 0 Å². The molecule has 1 nitrogen and oxygen atoms in total. The molecule has 0 amide bonds. The minimum absolute atomic E-state index is 0.197. The van der Waals surface area contributed by atoms with Crippen LogP contribution in [0.15, 0.2) is 60.7 Å². The quantitative estimate of drug-likeness (QED) is 0.735. The van der Waals surface area contributed by atoms with E-state index in [4.69, 9.17) is 4.74 Å². The van der Waals surface area contributed by atoms with Crippen LogP contribution in [0.1, 0.15) is 36.8 Å². The van der Waals surface area contributed by atoms with Gasteiger partial charge in [-0.15, -0.1) is 0 Å². The lowest BCUT2D eigenvalue weighted by atomic mass is 10.0. The van der Waals surface area contributed by atoms with Gasteiger partial charge in [0.15, 0.2) is 0 Å². The highest BCUT2D eigenvalue weighted by Gasteiger charge is 2.04. The first kappa shape index (κ1) is 14.2. The smallest absolute Gasteiger partial charge is 0.110 e. The monoisotopic (exact) mass is 264 g/mol. The Bertz CT molecular complexity index is 563. The Labute approximate surface area is 121 Å². The number of hydrogen-bond donors (Lipinski definition) is 0. The van der Waals surface area contributed by atoms with Crippen molar-refractivity contribution in [3.8, 4) is 12.0 Å². The van der Waals surface area contributed by atoms with Crippen LogP contribution in [-0.4, -0.2) is 6.61 Å². The van der Waals surface area contributed by atoms with E-state index in [9.17, 15) is 0 Å². The standard InChI is InChI=1S/C19H20O/c1-16(18-9-5-3-6-10-18)13-14-20-15-17(2)19-11-7-4-8-12-19/h3-12,16-17H,15H2,1-2H3. The molecule has 0 radical (unpaired) electrons. The molecule has 2 rings (SSSR count). The lowest BCUT2D eigenvalue weighted by Crippen LogP contribution is -2.01. The normalized spacial score (nSPS) is 12.9. The van der Waals surface area contributed by atoms with Crippen molar-refractivity contribution >= 4 is 0 Å². The minimum Gasteiger partial charge on any atom is -0.446 e. The van der Waals surface area contributed by atoms with Crippen molar-refractivity contribution in [3.63, 3.8) is 0 Å². The van der Waals surface area contributed by atoms with Crippen LogP contribution in [0.25, 0.3) is 0 Å². The summed E-state index contributed by atoms with van der Waals surface area (Å²) in [6.45, 7) is 4.86. The lowest BCUT2D eigenvalue weighted by Gasteiger charge is -2.09. The second-order valence-corrected chi connectivity index (χ2v) is 5.00. The minimum atomic E-state index is 0.197. The molecule has 2 aromatic rings. The van der Waals surface area contributed by atoms with Crippen molar-refractivity contribution in [2.75, 3.05) is 6.61 Å². The molecule has 0 bridgehead atoms. The summed E-state index contributed by atoms with van der Waals surface area (Å²) in [5.41, 5.74) is 2.50. The van der Waals surface area contributed by atoms with Crippen LogP contribution in [0.3, 0.4) is 0 Å². The topological polar surface area (TPSA) is 9.23 Å². The largest absolute Gasteiger partial charge is 0.446 e. The first-order valence-corrected chi connectivity index (χ1v) is 6.99. The van der Waals surface area contributed by atoms with Gasteiger partial charge in [-0.25, -0.2) is 0 Å². The van der Waals surface area contributed by atoms with Gasteiger partial charge in [-0.05, 0) is 18.1 Å². The Hall–Kier alpha value is -2.20. The van der Waals surface area contributed by atoms with Gasteiger partial charge in [-0.2, -0.15) is 0 Å². The zero-order valence-corrected chi connectivity index (χ0v) is 12.0. The van der Waals surface area contributed by atoms with Crippen molar-refractivity contribution in [3.05, 3.63) is 71.8 Å². The molecule has 102 valence electrons. The van der Waals surface area contributed by atoms with Crippen LogP contribution in [0.5, 0.6) is 0 Å². The van der Waals surface area contributed by atoms with E-state index in [1.54, 1.807) is 0 Å². The van der Waals surface area contributed by atoms with E-state index in [0.29, 0.717) is 12.5 Å². The van der Waals surface area contributed by atoms with E-state index in [2.05, 4.69) is 62.3 Å². The van der Waals surface area contributed by atoms with Gasteiger partial charge in [-0.3, -0.25) is 0 Å². The molecular weight excluding hydrogens is 244 g/mol. The Morgan fingerprint density at radius 1 is 0.850 bits per heavy atom. The fraction of sp³-hybridized carbons (Fsp3) is 0.263. The summed E-state index contributed by atoms with van der Waals surface area (Å²) >= 11 is 0. The van der Waals surface area contributed by atoms with E-state index in [0.717, 1.165) is 0 Å². The molecule has 0 aliphatic rings. The predicted molar refractivity (Wildman–Crippen MR) is 83.4 cm³/mol. The summed E-state index contributed by atoms with van der Waals surface area (Å²) in [5.74, 6) is 3.69. The summed E-state index contributed by atoms with van der Waals surface area (Å²) < 4.78 is 5.48. The molecule has 0 fully saturated rings. The highest BCUT2D eigenvalue weighted by molar-refractivity contribution is 5.26. The van der Waals surface area contributed by atoms with Crippen molar-refractivity contribution in [1.29, 1.82) is 0 Å². The third kappa shape index (κ3) is 4.17. The average molecular weight is 264 g/mol. The van der Waals surface area contributed by atoms with Gasteiger partial charge < -0.3 is 4.74 Å². The summed E-state index contributed by atoms with van der Waals surface area (Å²) in [4.78, 5) is 0. The van der Waals surface area contributed by atoms with Crippen LogP contribution < -0.4 is 0 Å². The molecule has 0 saturated heterocycles. The Morgan fingerprint density at radius 2 is 1.40 bits per heavy atom. The molecule has 2 aromatic carbocycles. The third-order valence-electron chi connectivity index (χ3n) is 3.35. The van der Waals surface area contributed by atoms with Crippen LogP contribution in [0, 0.1) is 12.0 Å². The maximum atomic E-state index is 5.48. The molecule has 2 atom stereocenters. The number of ether oxygens (including phenoxy) is 1. The van der Waals surface area contributed by atoms with Crippen LogP contribution in [0.2, 0.25) is 0 Å². The van der Waals surface area contributed by atoms with Crippen molar-refractivity contribution in [2.24, 2.45) is 0 Å². The van der Waals surface area contributed by atoms with E-state index < -0.39 is 0 Å². The number of rotatable bonds is 4. The third-order valence-corrected chi connectivity index (χ3v) is 3.35. The van der Waals surface area contributed by atoms with Gasteiger partial charge in [-0.1, -0.05) is 73.5 Å². The van der Waals surface area contributed by atoms with Gasteiger partial charge >= 0.3 is 0 Å². The first-order chi connectivity index (χ1) is 9.77. The lowest BCUT2D eigenvalue weighted by molar-refractivity contribution is 0.257. The molecule has 2 unspecified atom stereocenters. The summed E-state index contributed by atoms with van der Waals surface area (Å²) in [7, 11) is 0. The zero-order valence-electron chi connectivity index (χ0n) is 12.0. The molecule has 0 heterocycles. The highest BCUT2D eigenvalue weighted by Crippen LogP contribution is 2.15. The van der Waals surface area contributed by atoms with Gasteiger partial charge in [0.2, 0.25) is 0 Å². The molecule has 0 aromatic heterocycles. The average Bonchev–Trinajstić information content (AvgIpc) is 2.53. The molecule has 0 aliphatic heterocycles. The molecule has 0 N–H and O–H groups in total. The van der Waals surface area contributed by atoms with Crippen LogP contribution in [0.4, 0.5) is 0 Å². The van der Waals surface area contributed by atoms with E-state index in [1.165, 1.54) is 11.1 Å². The second-order valence-electron chi connectivity index (χ2n) is 5.00. The molecule has 20 heavy (non-hydrogen) atoms. The van der Waals surface area contributed by atoms with Crippen molar-refractivity contribution in [1.82, 2.24) is 0 Å². The molecule has 0 aliphatic carbocycles. The Morgan fingerprint density at radius 3 is 2.00 bits per heavy atom. The van der Waals surface area contributed by atoms with Gasteiger partial charge in [0, 0.05) is 11.8 Å². The second kappa shape index (κ2) is 7.40. The summed E-state index contributed by atoms with van der Waals surface area (Å²) in [6, 6.07) is 20.6. The SMILES string of the molecule is CC(C#COCC(C)c1ccccc1)c1ccccc1. The number of benzene rings is 2. The van der Waals surface area contributed by atoms with E-state index >= 15 is 0 Å².